The van der Waals surface area contributed by atoms with Gasteiger partial charge in [-0.2, -0.15) is 0 Å². The highest BCUT2D eigenvalue weighted by Gasteiger charge is 2.22. The second-order valence-electron chi connectivity index (χ2n) is 5.13. The molecule has 0 spiro atoms. The Bertz CT molecular complexity index is 116. The molecule has 0 fully saturated rings. The van der Waals surface area contributed by atoms with Gasteiger partial charge in [-0.1, -0.05) is 53.4 Å². The van der Waals surface area contributed by atoms with Gasteiger partial charge in [0.25, 0.3) is 0 Å². The second kappa shape index (κ2) is 10.6. The molecule has 1 heteroatoms. The summed E-state index contributed by atoms with van der Waals surface area (Å²) >= 11 is 0. The quantitative estimate of drug-likeness (QED) is 0.411. The van der Waals surface area contributed by atoms with Crippen molar-refractivity contribution >= 4 is 7.92 Å². The average Bonchev–Trinajstić information content (AvgIpc) is 2.27. The van der Waals surface area contributed by atoms with E-state index in [4.69, 9.17) is 0 Å². The standard InChI is InChI=1S/C15H33P/c1-6-10-14(11-7-2)16(5)15(12-8-3)13-9-4/h14-15H,6-13H2,1-5H3. The molecule has 0 nitrogen and oxygen atoms in total. The molecule has 0 aliphatic rings. The van der Waals surface area contributed by atoms with Crippen molar-refractivity contribution in [2.75, 3.05) is 6.66 Å². The van der Waals surface area contributed by atoms with Crippen molar-refractivity contribution in [2.24, 2.45) is 0 Å². The van der Waals surface area contributed by atoms with Gasteiger partial charge in [0.1, 0.15) is 0 Å². The molecule has 0 N–H and O–H groups in total. The van der Waals surface area contributed by atoms with Crippen molar-refractivity contribution in [2.45, 2.75) is 90.4 Å². The zero-order valence-electron chi connectivity index (χ0n) is 12.3. The minimum Gasteiger partial charge on any atom is -0.104 e. The highest BCUT2D eigenvalue weighted by molar-refractivity contribution is 7.58. The van der Waals surface area contributed by atoms with Gasteiger partial charge in [0.2, 0.25) is 0 Å². The van der Waals surface area contributed by atoms with Crippen LogP contribution in [-0.2, 0) is 0 Å². The Morgan fingerprint density at radius 3 is 1.06 bits per heavy atom. The van der Waals surface area contributed by atoms with Crippen LogP contribution in [0.4, 0.5) is 0 Å². The average molecular weight is 244 g/mol. The molecule has 0 radical (unpaired) electrons. The minimum absolute atomic E-state index is 0.269. The van der Waals surface area contributed by atoms with Crippen LogP contribution in [0.15, 0.2) is 0 Å². The van der Waals surface area contributed by atoms with Crippen LogP contribution >= 0.6 is 7.92 Å². The van der Waals surface area contributed by atoms with Crippen molar-refractivity contribution in [3.63, 3.8) is 0 Å². The van der Waals surface area contributed by atoms with Crippen LogP contribution in [0, 0.1) is 0 Å². The Morgan fingerprint density at radius 2 is 0.875 bits per heavy atom. The summed E-state index contributed by atoms with van der Waals surface area (Å²) in [5.74, 6) is 0. The SMILES string of the molecule is CCCC(CCC)P(C)C(CCC)CCC. The normalized spacial score (nSPS) is 12.0. The van der Waals surface area contributed by atoms with E-state index >= 15 is 0 Å². The van der Waals surface area contributed by atoms with Gasteiger partial charge < -0.3 is 0 Å². The highest BCUT2D eigenvalue weighted by Crippen LogP contribution is 2.49. The molecule has 0 unspecified atom stereocenters. The van der Waals surface area contributed by atoms with Gasteiger partial charge in [-0.05, 0) is 43.7 Å². The molecule has 0 aromatic heterocycles. The summed E-state index contributed by atoms with van der Waals surface area (Å²) in [5.41, 5.74) is 2.10. The van der Waals surface area contributed by atoms with Crippen molar-refractivity contribution in [3.8, 4) is 0 Å². The smallest absolute Gasteiger partial charge is 0.0209 e. The van der Waals surface area contributed by atoms with E-state index in [0.29, 0.717) is 0 Å². The fourth-order valence-electron chi connectivity index (χ4n) is 2.73. The first-order chi connectivity index (χ1) is 7.71. The van der Waals surface area contributed by atoms with Crippen molar-refractivity contribution in [3.05, 3.63) is 0 Å². The molecule has 0 aliphatic carbocycles. The van der Waals surface area contributed by atoms with E-state index in [0.717, 1.165) is 11.3 Å². The van der Waals surface area contributed by atoms with E-state index in [9.17, 15) is 0 Å². The lowest BCUT2D eigenvalue weighted by molar-refractivity contribution is 0.626. The molecule has 0 amide bonds. The van der Waals surface area contributed by atoms with Crippen molar-refractivity contribution < 1.29 is 0 Å². The van der Waals surface area contributed by atoms with E-state index in [1.807, 2.05) is 0 Å². The molecule has 0 heterocycles. The molecule has 0 saturated carbocycles. The molecule has 0 rings (SSSR count). The van der Waals surface area contributed by atoms with Crippen LogP contribution in [0.2, 0.25) is 0 Å². The first-order valence-electron chi connectivity index (χ1n) is 7.43. The Labute approximate surface area is 105 Å². The molecule has 0 bridgehead atoms. The summed E-state index contributed by atoms with van der Waals surface area (Å²) in [5, 5.41) is 0. The topological polar surface area (TPSA) is 0 Å². The van der Waals surface area contributed by atoms with Gasteiger partial charge in [0.05, 0.1) is 0 Å². The van der Waals surface area contributed by atoms with E-state index in [1.165, 1.54) is 51.4 Å². The zero-order valence-corrected chi connectivity index (χ0v) is 13.2. The molecular weight excluding hydrogens is 211 g/mol. The van der Waals surface area contributed by atoms with Crippen molar-refractivity contribution in [1.82, 2.24) is 0 Å². The number of rotatable bonds is 10. The molecule has 16 heavy (non-hydrogen) atoms. The largest absolute Gasteiger partial charge is 0.104 e. The summed E-state index contributed by atoms with van der Waals surface area (Å²) in [6, 6.07) is 0. The zero-order chi connectivity index (χ0) is 12.4. The van der Waals surface area contributed by atoms with Gasteiger partial charge in [0, 0.05) is 0 Å². The van der Waals surface area contributed by atoms with Crippen molar-refractivity contribution in [1.29, 1.82) is 0 Å². The highest BCUT2D eigenvalue weighted by atomic mass is 31.1. The maximum Gasteiger partial charge on any atom is -0.0209 e. The van der Waals surface area contributed by atoms with E-state index in [2.05, 4.69) is 34.4 Å². The van der Waals surface area contributed by atoms with Crippen LogP contribution in [0.3, 0.4) is 0 Å². The third kappa shape index (κ3) is 6.24. The van der Waals surface area contributed by atoms with E-state index in [1.54, 1.807) is 0 Å². The van der Waals surface area contributed by atoms with Gasteiger partial charge >= 0.3 is 0 Å². The van der Waals surface area contributed by atoms with Crippen LogP contribution in [0.25, 0.3) is 0 Å². The Kier molecular flexibility index (Phi) is 10.9. The molecule has 0 aromatic rings. The second-order valence-corrected chi connectivity index (χ2v) is 7.92. The summed E-state index contributed by atoms with van der Waals surface area (Å²) < 4.78 is 0. The first kappa shape index (κ1) is 16.4. The Morgan fingerprint density at radius 1 is 0.625 bits per heavy atom. The summed E-state index contributed by atoms with van der Waals surface area (Å²) in [4.78, 5) is 0. The van der Waals surface area contributed by atoms with Gasteiger partial charge in [-0.15, -0.1) is 7.92 Å². The molecule has 0 aromatic carbocycles. The van der Waals surface area contributed by atoms with Crippen LogP contribution < -0.4 is 0 Å². The number of hydrogen-bond acceptors (Lipinski definition) is 0. The fourth-order valence-corrected chi connectivity index (χ4v) is 5.99. The Hall–Kier alpha value is 0.430. The summed E-state index contributed by atoms with van der Waals surface area (Å²) in [7, 11) is 0.269. The molecule has 0 aliphatic heterocycles. The molecule has 0 saturated heterocycles. The summed E-state index contributed by atoms with van der Waals surface area (Å²) in [6.07, 6.45) is 11.4. The van der Waals surface area contributed by atoms with Crippen LogP contribution in [-0.4, -0.2) is 18.0 Å². The van der Waals surface area contributed by atoms with E-state index < -0.39 is 0 Å². The molecule has 98 valence electrons. The van der Waals surface area contributed by atoms with Crippen LogP contribution in [0.5, 0.6) is 0 Å². The lowest BCUT2D eigenvalue weighted by atomic mass is 10.1. The third-order valence-electron chi connectivity index (χ3n) is 3.64. The number of hydrogen-bond donors (Lipinski definition) is 0. The molecular formula is C15H33P. The first-order valence-corrected chi connectivity index (χ1v) is 9.35. The maximum absolute atomic E-state index is 2.58. The summed E-state index contributed by atoms with van der Waals surface area (Å²) in [6.45, 7) is 12.0. The monoisotopic (exact) mass is 244 g/mol. The minimum atomic E-state index is 0.269. The van der Waals surface area contributed by atoms with E-state index in [-0.39, 0.29) is 7.92 Å². The van der Waals surface area contributed by atoms with Crippen LogP contribution in [0.1, 0.15) is 79.1 Å². The van der Waals surface area contributed by atoms with Gasteiger partial charge in [-0.3, -0.25) is 0 Å². The predicted molar refractivity (Wildman–Crippen MR) is 80.1 cm³/mol. The fraction of sp³-hybridized carbons (Fsp3) is 1.00. The Balaban J connectivity index is 4.31. The maximum atomic E-state index is 2.58. The lowest BCUT2D eigenvalue weighted by Crippen LogP contribution is -2.15. The van der Waals surface area contributed by atoms with Gasteiger partial charge in [-0.25, -0.2) is 0 Å². The lowest BCUT2D eigenvalue weighted by Gasteiger charge is -2.31. The predicted octanol–water partition coefficient (Wildman–Crippen LogP) is 6.04. The third-order valence-corrected chi connectivity index (χ3v) is 6.98. The molecule has 0 atom stereocenters. The van der Waals surface area contributed by atoms with Gasteiger partial charge in [0.15, 0.2) is 0 Å².